The van der Waals surface area contributed by atoms with Crippen molar-refractivity contribution in [3.05, 3.63) is 95.6 Å². The molecule has 0 spiro atoms. The number of nitrogens with zero attached hydrogens (tertiary/aromatic N) is 1. The van der Waals surface area contributed by atoms with E-state index in [0.29, 0.717) is 17.9 Å². The molecular weight excluding hydrogens is 452 g/mol. The van der Waals surface area contributed by atoms with Gasteiger partial charge >= 0.3 is 0 Å². The molecule has 0 aliphatic carbocycles. The third-order valence-electron chi connectivity index (χ3n) is 5.70. The highest BCUT2D eigenvalue weighted by Gasteiger charge is 2.32. The lowest BCUT2D eigenvalue weighted by molar-refractivity contribution is -0.143. The number of carbonyl (C=O) groups excluding carboxylic acids is 2. The van der Waals surface area contributed by atoms with Crippen LogP contribution >= 0.6 is 0 Å². The smallest absolute Gasteiger partial charge is 0.261 e. The number of nitrogens with one attached hydrogen (secondary N) is 1. The quantitative estimate of drug-likeness (QED) is 0.439. The molecule has 3 aromatic rings. The first-order valence-corrected chi connectivity index (χ1v) is 12.1. The number of hydrogen-bond donors (Lipinski definition) is 1. The van der Waals surface area contributed by atoms with Crippen molar-refractivity contribution in [2.45, 2.75) is 52.2 Å². The van der Waals surface area contributed by atoms with Crippen LogP contribution in [0.2, 0.25) is 0 Å². The molecule has 0 aliphatic heterocycles. The van der Waals surface area contributed by atoms with Gasteiger partial charge in [-0.15, -0.1) is 0 Å². The number of carbonyl (C=O) groups is 2. The molecule has 3 rings (SSSR count). The molecule has 1 atom stereocenters. The second-order valence-corrected chi connectivity index (χ2v) is 9.87. The summed E-state index contributed by atoms with van der Waals surface area (Å²) in [5.74, 6) is 0.852. The minimum atomic E-state index is -0.731. The average Bonchev–Trinajstić information content (AvgIpc) is 2.85. The Morgan fingerprint density at radius 3 is 2.25 bits per heavy atom. The van der Waals surface area contributed by atoms with Crippen molar-refractivity contribution >= 4 is 11.8 Å². The molecule has 0 saturated heterocycles. The highest BCUT2D eigenvalue weighted by Crippen LogP contribution is 2.20. The van der Waals surface area contributed by atoms with Crippen LogP contribution in [0.25, 0.3) is 0 Å². The Bertz CT molecular complexity index is 1150. The van der Waals surface area contributed by atoms with Crippen LogP contribution in [0.3, 0.4) is 0 Å². The number of aryl methyl sites for hydroxylation is 1. The van der Waals surface area contributed by atoms with E-state index in [1.165, 1.54) is 0 Å². The molecule has 0 aromatic heterocycles. The van der Waals surface area contributed by atoms with Crippen LogP contribution in [0.15, 0.2) is 78.9 Å². The summed E-state index contributed by atoms with van der Waals surface area (Å²) in [6.07, 6.45) is 0.378. The van der Waals surface area contributed by atoms with Crippen molar-refractivity contribution in [3.8, 4) is 11.5 Å². The Kier molecular flexibility index (Phi) is 9.12. The summed E-state index contributed by atoms with van der Waals surface area (Å²) in [4.78, 5) is 28.9. The van der Waals surface area contributed by atoms with E-state index >= 15 is 0 Å². The molecule has 2 amide bonds. The maximum atomic E-state index is 13.7. The maximum Gasteiger partial charge on any atom is 0.261 e. The van der Waals surface area contributed by atoms with Crippen LogP contribution in [-0.4, -0.2) is 42.0 Å². The largest absolute Gasteiger partial charge is 0.497 e. The number of hydrogen-bond acceptors (Lipinski definition) is 4. The van der Waals surface area contributed by atoms with E-state index in [4.69, 9.17) is 9.47 Å². The van der Waals surface area contributed by atoms with Gasteiger partial charge in [-0.05, 0) is 62.6 Å². The zero-order chi connectivity index (χ0) is 26.1. The summed E-state index contributed by atoms with van der Waals surface area (Å²) < 4.78 is 11.3. The van der Waals surface area contributed by atoms with Gasteiger partial charge in [0.2, 0.25) is 5.91 Å². The van der Waals surface area contributed by atoms with Gasteiger partial charge in [-0.3, -0.25) is 9.59 Å². The topological polar surface area (TPSA) is 67.9 Å². The summed E-state index contributed by atoms with van der Waals surface area (Å²) >= 11 is 0. The van der Waals surface area contributed by atoms with Crippen molar-refractivity contribution in [1.82, 2.24) is 10.2 Å². The second kappa shape index (κ2) is 12.2. The van der Waals surface area contributed by atoms with Gasteiger partial charge in [0.05, 0.1) is 7.11 Å². The molecule has 0 aliphatic rings. The Labute approximate surface area is 214 Å². The summed E-state index contributed by atoms with van der Waals surface area (Å²) in [5.41, 5.74) is 2.32. The van der Waals surface area contributed by atoms with Gasteiger partial charge in [0.1, 0.15) is 17.5 Å². The van der Waals surface area contributed by atoms with Crippen molar-refractivity contribution in [2.24, 2.45) is 0 Å². The van der Waals surface area contributed by atoms with Crippen LogP contribution in [0.4, 0.5) is 0 Å². The number of ether oxygens (including phenoxy) is 2. The van der Waals surface area contributed by atoms with Crippen LogP contribution in [0.5, 0.6) is 11.5 Å². The summed E-state index contributed by atoms with van der Waals surface area (Å²) in [7, 11) is 1.60. The molecule has 0 radical (unpaired) electrons. The molecular formula is C30H36N2O4. The molecule has 0 heterocycles. The van der Waals surface area contributed by atoms with E-state index in [-0.39, 0.29) is 25.0 Å². The third kappa shape index (κ3) is 7.87. The first-order valence-electron chi connectivity index (χ1n) is 12.1. The first-order chi connectivity index (χ1) is 17.2. The molecule has 0 unspecified atom stereocenters. The van der Waals surface area contributed by atoms with Gasteiger partial charge in [-0.25, -0.2) is 0 Å². The Morgan fingerprint density at radius 2 is 1.58 bits per heavy atom. The van der Waals surface area contributed by atoms with Gasteiger partial charge in [0.25, 0.3) is 5.91 Å². The lowest BCUT2D eigenvalue weighted by atomic mass is 10.0. The SMILES string of the molecule is COc1cccc(CN(C(=O)COc2ccccc2C)[C@H](Cc2ccccc2)C(=O)NC(C)(C)C)c1. The third-order valence-corrected chi connectivity index (χ3v) is 5.70. The average molecular weight is 489 g/mol. The lowest BCUT2D eigenvalue weighted by Gasteiger charge is -2.34. The molecule has 3 aromatic carbocycles. The first kappa shape index (κ1) is 26.8. The fourth-order valence-corrected chi connectivity index (χ4v) is 3.92. The van der Waals surface area contributed by atoms with Crippen LogP contribution in [0.1, 0.15) is 37.5 Å². The Morgan fingerprint density at radius 1 is 0.917 bits per heavy atom. The standard InChI is InChI=1S/C30H36N2O4/c1-22-12-9-10-17-27(22)36-21-28(33)32(20-24-15-11-16-25(18-24)35-5)26(29(34)31-30(2,3)4)19-23-13-7-6-8-14-23/h6-18,26H,19-21H2,1-5H3,(H,31,34)/t26-/m1/s1. The molecule has 190 valence electrons. The van der Waals surface area contributed by atoms with Crippen molar-refractivity contribution in [2.75, 3.05) is 13.7 Å². The zero-order valence-corrected chi connectivity index (χ0v) is 21.8. The Hall–Kier alpha value is -3.80. The van der Waals surface area contributed by atoms with Crippen LogP contribution < -0.4 is 14.8 Å². The van der Waals surface area contributed by atoms with E-state index < -0.39 is 11.6 Å². The van der Waals surface area contributed by atoms with Gasteiger partial charge < -0.3 is 19.7 Å². The highest BCUT2D eigenvalue weighted by molar-refractivity contribution is 5.89. The van der Waals surface area contributed by atoms with Gasteiger partial charge in [0, 0.05) is 18.5 Å². The minimum Gasteiger partial charge on any atom is -0.497 e. The number of para-hydroxylation sites is 1. The fraction of sp³-hybridized carbons (Fsp3) is 0.333. The molecule has 0 fully saturated rings. The van der Waals surface area contributed by atoms with E-state index in [1.807, 2.05) is 107 Å². The van der Waals surface area contributed by atoms with Crippen molar-refractivity contribution in [3.63, 3.8) is 0 Å². The number of benzene rings is 3. The van der Waals surface area contributed by atoms with E-state index in [0.717, 1.165) is 16.7 Å². The van der Waals surface area contributed by atoms with Gasteiger partial charge in [-0.2, -0.15) is 0 Å². The van der Waals surface area contributed by atoms with E-state index in [1.54, 1.807) is 12.0 Å². The van der Waals surface area contributed by atoms with Gasteiger partial charge in [-0.1, -0.05) is 60.7 Å². The van der Waals surface area contributed by atoms with E-state index in [2.05, 4.69) is 5.32 Å². The van der Waals surface area contributed by atoms with Crippen LogP contribution in [-0.2, 0) is 22.6 Å². The van der Waals surface area contributed by atoms with E-state index in [9.17, 15) is 9.59 Å². The van der Waals surface area contributed by atoms with Crippen molar-refractivity contribution in [1.29, 1.82) is 0 Å². The molecule has 6 heteroatoms. The molecule has 1 N–H and O–H groups in total. The predicted octanol–water partition coefficient (Wildman–Crippen LogP) is 4.94. The minimum absolute atomic E-state index is 0.178. The summed E-state index contributed by atoms with van der Waals surface area (Å²) in [5, 5.41) is 3.07. The molecule has 0 saturated carbocycles. The van der Waals surface area contributed by atoms with Gasteiger partial charge in [0.15, 0.2) is 6.61 Å². The second-order valence-electron chi connectivity index (χ2n) is 9.87. The summed E-state index contributed by atoms with van der Waals surface area (Å²) in [6.45, 7) is 7.79. The number of amides is 2. The molecule has 6 nitrogen and oxygen atoms in total. The highest BCUT2D eigenvalue weighted by atomic mass is 16.5. The van der Waals surface area contributed by atoms with Crippen LogP contribution in [0, 0.1) is 6.92 Å². The monoisotopic (exact) mass is 488 g/mol. The maximum absolute atomic E-state index is 13.7. The number of rotatable bonds is 10. The van der Waals surface area contributed by atoms with Crippen molar-refractivity contribution < 1.29 is 19.1 Å². The molecule has 0 bridgehead atoms. The summed E-state index contributed by atoms with van der Waals surface area (Å²) in [6, 6.07) is 24.1. The number of methoxy groups -OCH3 is 1. The Balaban J connectivity index is 1.95. The molecule has 36 heavy (non-hydrogen) atoms. The normalized spacial score (nSPS) is 11.9. The predicted molar refractivity (Wildman–Crippen MR) is 142 cm³/mol. The zero-order valence-electron chi connectivity index (χ0n) is 21.8. The fourth-order valence-electron chi connectivity index (χ4n) is 3.92. The lowest BCUT2D eigenvalue weighted by Crippen LogP contribution is -2.55.